The second-order valence-electron chi connectivity index (χ2n) is 8.34. The van der Waals surface area contributed by atoms with E-state index in [0.29, 0.717) is 23.9 Å². The maximum Gasteiger partial charge on any atom is 0.417 e. The molecule has 0 radical (unpaired) electrons. The molecule has 6 nitrogen and oxygen atoms in total. The highest BCUT2D eigenvalue weighted by molar-refractivity contribution is 7.92. The van der Waals surface area contributed by atoms with Crippen molar-refractivity contribution in [1.29, 1.82) is 0 Å². The normalized spacial score (nSPS) is 12.7. The number of nitrogens with one attached hydrogen (secondary N) is 2. The van der Waals surface area contributed by atoms with Crippen molar-refractivity contribution in [2.24, 2.45) is 0 Å². The lowest BCUT2D eigenvalue weighted by Gasteiger charge is -2.18. The van der Waals surface area contributed by atoms with Crippen LogP contribution in [-0.4, -0.2) is 20.4 Å². The van der Waals surface area contributed by atoms with Crippen LogP contribution in [0.4, 0.5) is 24.5 Å². The van der Waals surface area contributed by atoms with E-state index in [9.17, 15) is 26.4 Å². The maximum absolute atomic E-state index is 13.1. The first-order valence-corrected chi connectivity index (χ1v) is 13.3. The van der Waals surface area contributed by atoms with Gasteiger partial charge in [-0.1, -0.05) is 48.9 Å². The molecule has 0 aliphatic rings. The van der Waals surface area contributed by atoms with Crippen molar-refractivity contribution in [2.75, 3.05) is 10.0 Å². The number of amides is 1. The molecule has 11 heteroatoms. The van der Waals surface area contributed by atoms with Crippen molar-refractivity contribution >= 4 is 49.7 Å². The average molecular weight is 563 g/mol. The third kappa shape index (κ3) is 6.38. The Hall–Kier alpha value is -3.76. The predicted octanol–water partition coefficient (Wildman–Crippen LogP) is 7.11. The Morgan fingerprint density at radius 3 is 2.24 bits per heavy atom. The number of fused-ring (bicyclic) bond motifs is 1. The quantitative estimate of drug-likeness (QED) is 0.240. The molecule has 4 aromatic carbocycles. The fourth-order valence-corrected chi connectivity index (χ4v) is 4.96. The highest BCUT2D eigenvalue weighted by Gasteiger charge is 2.33. The zero-order valence-electron chi connectivity index (χ0n) is 19.9. The summed E-state index contributed by atoms with van der Waals surface area (Å²) < 4.78 is 72.7. The minimum atomic E-state index is -4.74. The minimum Gasteiger partial charge on any atom is -0.481 e. The number of halogens is 4. The van der Waals surface area contributed by atoms with E-state index in [1.807, 2.05) is 36.4 Å². The average Bonchev–Trinajstić information content (AvgIpc) is 2.87. The summed E-state index contributed by atoms with van der Waals surface area (Å²) in [5.41, 5.74) is -1.13. The molecule has 0 saturated heterocycles. The van der Waals surface area contributed by atoms with Gasteiger partial charge in [-0.2, -0.15) is 13.2 Å². The predicted molar refractivity (Wildman–Crippen MR) is 141 cm³/mol. The Morgan fingerprint density at radius 2 is 1.58 bits per heavy atom. The number of sulfonamides is 1. The number of rotatable bonds is 8. The van der Waals surface area contributed by atoms with Gasteiger partial charge in [-0.05, 0) is 71.8 Å². The van der Waals surface area contributed by atoms with Crippen molar-refractivity contribution < 1.29 is 31.1 Å². The first-order valence-electron chi connectivity index (χ1n) is 11.4. The van der Waals surface area contributed by atoms with E-state index >= 15 is 0 Å². The molecule has 0 aromatic heterocycles. The summed E-state index contributed by atoms with van der Waals surface area (Å²) in [7, 11) is -4.21. The van der Waals surface area contributed by atoms with Crippen LogP contribution in [0.2, 0.25) is 5.02 Å². The van der Waals surface area contributed by atoms with Crippen molar-refractivity contribution in [1.82, 2.24) is 0 Å². The van der Waals surface area contributed by atoms with E-state index in [4.69, 9.17) is 16.3 Å². The third-order valence-corrected chi connectivity index (χ3v) is 7.35. The first kappa shape index (κ1) is 27.3. The molecule has 1 atom stereocenters. The van der Waals surface area contributed by atoms with Gasteiger partial charge in [-0.25, -0.2) is 8.42 Å². The van der Waals surface area contributed by atoms with E-state index < -0.39 is 38.8 Å². The molecule has 4 aromatic rings. The molecule has 0 fully saturated rings. The van der Waals surface area contributed by atoms with Gasteiger partial charge in [0.05, 0.1) is 15.5 Å². The minimum absolute atomic E-state index is 0.210. The molecular weight excluding hydrogens is 541 g/mol. The van der Waals surface area contributed by atoms with Crippen molar-refractivity contribution in [3.63, 3.8) is 0 Å². The van der Waals surface area contributed by atoms with Gasteiger partial charge in [0.15, 0.2) is 6.10 Å². The summed E-state index contributed by atoms with van der Waals surface area (Å²) in [6.45, 7) is 1.80. The molecule has 0 saturated carbocycles. The van der Waals surface area contributed by atoms with Crippen molar-refractivity contribution in [3.05, 3.63) is 95.5 Å². The number of carbonyl (C=O) groups is 1. The highest BCUT2D eigenvalue weighted by atomic mass is 35.5. The van der Waals surface area contributed by atoms with Gasteiger partial charge in [0.1, 0.15) is 5.75 Å². The smallest absolute Gasteiger partial charge is 0.417 e. The van der Waals surface area contributed by atoms with E-state index in [1.54, 1.807) is 13.0 Å². The van der Waals surface area contributed by atoms with Gasteiger partial charge in [0, 0.05) is 11.4 Å². The number of carbonyl (C=O) groups excluding carboxylic acids is 1. The molecule has 38 heavy (non-hydrogen) atoms. The number of hydrogen-bond donors (Lipinski definition) is 2. The molecule has 0 bridgehead atoms. The van der Waals surface area contributed by atoms with Crippen LogP contribution in [0.5, 0.6) is 5.75 Å². The number of anilines is 2. The summed E-state index contributed by atoms with van der Waals surface area (Å²) in [5, 5.41) is 4.16. The number of ether oxygens (including phenoxy) is 1. The van der Waals surface area contributed by atoms with Crippen LogP contribution in [0.3, 0.4) is 0 Å². The monoisotopic (exact) mass is 562 g/mol. The largest absolute Gasteiger partial charge is 0.481 e. The van der Waals surface area contributed by atoms with Crippen LogP contribution >= 0.6 is 11.6 Å². The van der Waals surface area contributed by atoms with Gasteiger partial charge in [-0.15, -0.1) is 0 Å². The van der Waals surface area contributed by atoms with Crippen LogP contribution in [0.25, 0.3) is 10.8 Å². The summed E-state index contributed by atoms with van der Waals surface area (Å²) in [6, 6.07) is 21.2. The van der Waals surface area contributed by atoms with E-state index in [-0.39, 0.29) is 10.6 Å². The Balaban J connectivity index is 1.43. The standard InChI is InChI=1S/C27H22ClF3N2O4S/c1-2-25(37-21-11-7-17-5-3-4-6-18(17)15-21)26(34)32-19-8-12-22(13-9-19)38(35,36)33-20-10-14-24(28)23(16-20)27(29,30)31/h3-16,25,33H,2H2,1H3,(H,32,34)/t25-/m1/s1. The summed E-state index contributed by atoms with van der Waals surface area (Å²) in [6.07, 6.45) is -5.16. The fraction of sp³-hybridized carbons (Fsp3) is 0.148. The van der Waals surface area contributed by atoms with E-state index in [2.05, 4.69) is 10.0 Å². The molecule has 0 unspecified atom stereocenters. The third-order valence-electron chi connectivity index (χ3n) is 5.62. The van der Waals surface area contributed by atoms with Crippen LogP contribution in [0.15, 0.2) is 89.8 Å². The van der Waals surface area contributed by atoms with Crippen LogP contribution in [0, 0.1) is 0 Å². The Bertz CT molecular complexity index is 1580. The van der Waals surface area contributed by atoms with Crippen molar-refractivity contribution in [3.8, 4) is 5.75 Å². The van der Waals surface area contributed by atoms with Crippen LogP contribution < -0.4 is 14.8 Å². The molecular formula is C27H22ClF3N2O4S. The fourth-order valence-electron chi connectivity index (χ4n) is 3.69. The SMILES string of the molecule is CC[C@@H](Oc1ccc2ccccc2c1)C(=O)Nc1ccc(S(=O)(=O)Nc2ccc(Cl)c(C(F)(F)F)c2)cc1. The molecule has 2 N–H and O–H groups in total. The lowest BCUT2D eigenvalue weighted by Crippen LogP contribution is -2.32. The van der Waals surface area contributed by atoms with Gasteiger partial charge in [0.25, 0.3) is 15.9 Å². The molecule has 4 rings (SSSR count). The van der Waals surface area contributed by atoms with Crippen molar-refractivity contribution in [2.45, 2.75) is 30.5 Å². The Morgan fingerprint density at radius 1 is 0.921 bits per heavy atom. The summed E-state index contributed by atoms with van der Waals surface area (Å²) >= 11 is 5.59. The lowest BCUT2D eigenvalue weighted by atomic mass is 10.1. The number of benzene rings is 4. The maximum atomic E-state index is 13.1. The highest BCUT2D eigenvalue weighted by Crippen LogP contribution is 2.36. The van der Waals surface area contributed by atoms with Gasteiger partial charge < -0.3 is 10.1 Å². The molecule has 198 valence electrons. The van der Waals surface area contributed by atoms with Gasteiger partial charge in [0.2, 0.25) is 0 Å². The molecule has 0 heterocycles. The molecule has 1 amide bonds. The Labute approximate surface area is 222 Å². The second-order valence-corrected chi connectivity index (χ2v) is 10.4. The summed E-state index contributed by atoms with van der Waals surface area (Å²) in [4.78, 5) is 12.6. The summed E-state index contributed by atoms with van der Waals surface area (Å²) in [5.74, 6) is 0.115. The Kier molecular flexibility index (Phi) is 7.84. The first-order chi connectivity index (χ1) is 18.0. The molecule has 0 aliphatic carbocycles. The zero-order chi connectivity index (χ0) is 27.5. The van der Waals surface area contributed by atoms with Crippen LogP contribution in [-0.2, 0) is 21.0 Å². The number of hydrogen-bond acceptors (Lipinski definition) is 4. The van der Waals surface area contributed by atoms with E-state index in [1.165, 1.54) is 24.3 Å². The lowest BCUT2D eigenvalue weighted by molar-refractivity contribution is -0.137. The molecule has 0 spiro atoms. The van der Waals surface area contributed by atoms with E-state index in [0.717, 1.165) is 22.9 Å². The van der Waals surface area contributed by atoms with Crippen LogP contribution in [0.1, 0.15) is 18.9 Å². The zero-order valence-corrected chi connectivity index (χ0v) is 21.5. The number of alkyl halides is 3. The molecule has 0 aliphatic heterocycles. The topological polar surface area (TPSA) is 84.5 Å². The van der Waals surface area contributed by atoms with Gasteiger partial charge in [-0.3, -0.25) is 9.52 Å². The second kappa shape index (κ2) is 10.9. The van der Waals surface area contributed by atoms with Gasteiger partial charge >= 0.3 is 6.18 Å².